The van der Waals surface area contributed by atoms with E-state index in [2.05, 4.69) is 0 Å². The Morgan fingerprint density at radius 3 is 2.42 bits per heavy atom. The molecule has 12 heavy (non-hydrogen) atoms. The second kappa shape index (κ2) is 3.05. The molecule has 1 saturated carbocycles. The van der Waals surface area contributed by atoms with Gasteiger partial charge >= 0.3 is 0 Å². The van der Waals surface area contributed by atoms with E-state index in [1.165, 1.54) is 12.8 Å². The Labute approximate surface area is 73.9 Å². The molecule has 1 rings (SSSR count). The lowest BCUT2D eigenvalue weighted by molar-refractivity contribution is -0.134. The van der Waals surface area contributed by atoms with Crippen LogP contribution in [0.2, 0.25) is 0 Å². The van der Waals surface area contributed by atoms with E-state index in [-0.39, 0.29) is 5.91 Å². The van der Waals surface area contributed by atoms with Crippen molar-refractivity contribution in [3.8, 4) is 0 Å². The molecule has 0 spiro atoms. The molecule has 1 aliphatic rings. The van der Waals surface area contributed by atoms with Crippen molar-refractivity contribution >= 4 is 5.91 Å². The minimum Gasteiger partial charge on any atom is -0.344 e. The Bertz CT molecular complexity index is 179. The largest absolute Gasteiger partial charge is 0.344 e. The van der Waals surface area contributed by atoms with E-state index < -0.39 is 5.54 Å². The van der Waals surface area contributed by atoms with Crippen LogP contribution in [0.5, 0.6) is 0 Å². The number of carbonyl (C=O) groups is 1. The maximum absolute atomic E-state index is 11.5. The minimum atomic E-state index is -0.719. The minimum absolute atomic E-state index is 0.0365. The van der Waals surface area contributed by atoms with Crippen molar-refractivity contribution in [1.82, 2.24) is 4.90 Å². The number of likely N-dealkylation sites (N-methyl/N-ethyl adjacent to an activating group) is 1. The van der Waals surface area contributed by atoms with E-state index in [0.29, 0.717) is 0 Å². The van der Waals surface area contributed by atoms with Crippen LogP contribution in [-0.4, -0.2) is 29.9 Å². The highest BCUT2D eigenvalue weighted by Crippen LogP contribution is 2.29. The van der Waals surface area contributed by atoms with Crippen molar-refractivity contribution in [3.05, 3.63) is 0 Å². The van der Waals surface area contributed by atoms with E-state index in [0.717, 1.165) is 12.5 Å². The maximum Gasteiger partial charge on any atom is 0.241 e. The predicted octanol–water partition coefficient (Wildman–Crippen LogP) is 0.592. The van der Waals surface area contributed by atoms with Crippen molar-refractivity contribution in [2.24, 2.45) is 11.7 Å². The molecule has 70 valence electrons. The van der Waals surface area contributed by atoms with Gasteiger partial charge in [0.05, 0.1) is 5.54 Å². The third-order valence-corrected chi connectivity index (χ3v) is 2.13. The number of rotatable bonds is 3. The molecule has 0 radical (unpaired) electrons. The summed E-state index contributed by atoms with van der Waals surface area (Å²) in [5, 5.41) is 0. The third kappa shape index (κ3) is 2.48. The molecule has 0 atom stereocenters. The van der Waals surface area contributed by atoms with Gasteiger partial charge in [0, 0.05) is 13.6 Å². The van der Waals surface area contributed by atoms with E-state index in [1.807, 2.05) is 7.05 Å². The summed E-state index contributed by atoms with van der Waals surface area (Å²) in [6.45, 7) is 4.37. The summed E-state index contributed by atoms with van der Waals surface area (Å²) in [7, 11) is 1.83. The number of hydrogen-bond acceptors (Lipinski definition) is 2. The van der Waals surface area contributed by atoms with E-state index in [4.69, 9.17) is 5.73 Å². The Hall–Kier alpha value is -0.570. The van der Waals surface area contributed by atoms with Gasteiger partial charge in [-0.2, -0.15) is 0 Å². The van der Waals surface area contributed by atoms with Gasteiger partial charge in [0.15, 0.2) is 0 Å². The van der Waals surface area contributed by atoms with Crippen LogP contribution < -0.4 is 5.73 Å². The first kappa shape index (κ1) is 9.52. The average Bonchev–Trinajstić information content (AvgIpc) is 2.68. The van der Waals surface area contributed by atoms with Crippen molar-refractivity contribution in [2.45, 2.75) is 32.2 Å². The normalized spacial score (nSPS) is 17.7. The molecule has 0 bridgehead atoms. The summed E-state index contributed by atoms with van der Waals surface area (Å²) in [6, 6.07) is 0. The Morgan fingerprint density at radius 1 is 1.58 bits per heavy atom. The Kier molecular flexibility index (Phi) is 2.42. The molecule has 0 aromatic carbocycles. The smallest absolute Gasteiger partial charge is 0.241 e. The summed E-state index contributed by atoms with van der Waals surface area (Å²) in [5.74, 6) is 0.774. The molecule has 0 aliphatic heterocycles. The van der Waals surface area contributed by atoms with Crippen molar-refractivity contribution < 1.29 is 4.79 Å². The first-order valence-electron chi connectivity index (χ1n) is 4.45. The molecule has 0 heterocycles. The Balaban J connectivity index is 2.39. The fraction of sp³-hybridized carbons (Fsp3) is 0.889. The van der Waals surface area contributed by atoms with Crippen LogP contribution in [0.15, 0.2) is 0 Å². The molecule has 3 nitrogen and oxygen atoms in total. The maximum atomic E-state index is 11.5. The monoisotopic (exact) mass is 170 g/mol. The number of nitrogens with two attached hydrogens (primary N) is 1. The number of nitrogens with zero attached hydrogens (tertiary/aromatic N) is 1. The fourth-order valence-corrected chi connectivity index (χ4v) is 1.26. The van der Waals surface area contributed by atoms with Crippen LogP contribution in [0, 0.1) is 5.92 Å². The third-order valence-electron chi connectivity index (χ3n) is 2.13. The number of carbonyl (C=O) groups excluding carboxylic acids is 1. The summed E-state index contributed by atoms with van der Waals surface area (Å²) in [6.07, 6.45) is 2.53. The van der Waals surface area contributed by atoms with Gasteiger partial charge in [-0.05, 0) is 32.6 Å². The second-order valence-corrected chi connectivity index (χ2v) is 4.35. The van der Waals surface area contributed by atoms with Gasteiger partial charge in [-0.25, -0.2) is 0 Å². The topological polar surface area (TPSA) is 46.3 Å². The molecule has 1 amide bonds. The van der Waals surface area contributed by atoms with E-state index in [1.54, 1.807) is 18.7 Å². The zero-order valence-corrected chi connectivity index (χ0v) is 8.13. The Morgan fingerprint density at radius 2 is 2.08 bits per heavy atom. The van der Waals surface area contributed by atoms with Gasteiger partial charge in [-0.1, -0.05) is 0 Å². The van der Waals surface area contributed by atoms with E-state index in [9.17, 15) is 4.79 Å². The number of hydrogen-bond donors (Lipinski definition) is 1. The summed E-state index contributed by atoms with van der Waals surface area (Å²) in [5.41, 5.74) is 4.97. The summed E-state index contributed by atoms with van der Waals surface area (Å²) < 4.78 is 0. The van der Waals surface area contributed by atoms with Gasteiger partial charge in [0.2, 0.25) is 5.91 Å². The molecule has 0 aromatic heterocycles. The molecule has 2 N–H and O–H groups in total. The summed E-state index contributed by atoms with van der Waals surface area (Å²) in [4.78, 5) is 13.3. The number of amides is 1. The molecule has 0 unspecified atom stereocenters. The fourth-order valence-electron chi connectivity index (χ4n) is 1.26. The van der Waals surface area contributed by atoms with Gasteiger partial charge in [-0.3, -0.25) is 4.79 Å². The van der Waals surface area contributed by atoms with Crippen LogP contribution in [0.4, 0.5) is 0 Å². The zero-order valence-electron chi connectivity index (χ0n) is 8.13. The highest BCUT2D eigenvalue weighted by Gasteiger charge is 2.30. The molecule has 3 heteroatoms. The highest BCUT2D eigenvalue weighted by atomic mass is 16.2. The molecule has 0 saturated heterocycles. The van der Waals surface area contributed by atoms with Crippen LogP contribution >= 0.6 is 0 Å². The van der Waals surface area contributed by atoms with Gasteiger partial charge < -0.3 is 10.6 Å². The lowest BCUT2D eigenvalue weighted by Crippen LogP contribution is -2.50. The average molecular weight is 170 g/mol. The molecule has 0 aromatic rings. The van der Waals surface area contributed by atoms with Crippen LogP contribution in [-0.2, 0) is 4.79 Å². The predicted molar refractivity (Wildman–Crippen MR) is 48.6 cm³/mol. The lowest BCUT2D eigenvalue weighted by atomic mass is 10.1. The van der Waals surface area contributed by atoms with Crippen molar-refractivity contribution in [2.75, 3.05) is 13.6 Å². The highest BCUT2D eigenvalue weighted by molar-refractivity contribution is 5.84. The molecule has 1 aliphatic carbocycles. The standard InChI is InChI=1S/C9H18N2O/c1-9(2,10)8(12)11(3)6-7-4-5-7/h7H,4-6,10H2,1-3H3. The van der Waals surface area contributed by atoms with Gasteiger partial charge in [-0.15, -0.1) is 0 Å². The van der Waals surface area contributed by atoms with Crippen LogP contribution in [0.3, 0.4) is 0 Å². The molecule has 1 fully saturated rings. The first-order chi connectivity index (χ1) is 5.41. The lowest BCUT2D eigenvalue weighted by Gasteiger charge is -2.25. The van der Waals surface area contributed by atoms with Gasteiger partial charge in [0.1, 0.15) is 0 Å². The van der Waals surface area contributed by atoms with E-state index >= 15 is 0 Å². The second-order valence-electron chi connectivity index (χ2n) is 4.35. The molecular formula is C9H18N2O. The summed E-state index contributed by atoms with van der Waals surface area (Å²) >= 11 is 0. The zero-order chi connectivity index (χ0) is 9.35. The van der Waals surface area contributed by atoms with Crippen LogP contribution in [0.1, 0.15) is 26.7 Å². The quantitative estimate of drug-likeness (QED) is 0.674. The molecular weight excluding hydrogens is 152 g/mol. The van der Waals surface area contributed by atoms with Crippen LogP contribution in [0.25, 0.3) is 0 Å². The first-order valence-corrected chi connectivity index (χ1v) is 4.45. The van der Waals surface area contributed by atoms with Crippen molar-refractivity contribution in [1.29, 1.82) is 0 Å². The van der Waals surface area contributed by atoms with Crippen molar-refractivity contribution in [3.63, 3.8) is 0 Å². The van der Waals surface area contributed by atoms with Gasteiger partial charge in [0.25, 0.3) is 0 Å². The SMILES string of the molecule is CN(CC1CC1)C(=O)C(C)(C)N.